The van der Waals surface area contributed by atoms with Gasteiger partial charge < -0.3 is 10.4 Å². The molecule has 0 aliphatic heterocycles. The Morgan fingerprint density at radius 1 is 1.53 bits per heavy atom. The van der Waals surface area contributed by atoms with Gasteiger partial charge in [-0.3, -0.25) is 0 Å². The summed E-state index contributed by atoms with van der Waals surface area (Å²) in [4.78, 5) is 0. The van der Waals surface area contributed by atoms with Crippen molar-refractivity contribution in [3.8, 4) is 0 Å². The molecule has 1 aromatic heterocycles. The van der Waals surface area contributed by atoms with Gasteiger partial charge in [0.2, 0.25) is 0 Å². The van der Waals surface area contributed by atoms with Crippen LogP contribution < -0.4 is 5.32 Å². The number of hydrogen-bond acceptors (Lipinski definition) is 6. The lowest BCUT2D eigenvalue weighted by atomic mass is 9.99. The zero-order valence-corrected chi connectivity index (χ0v) is 11.3. The van der Waals surface area contributed by atoms with Crippen molar-refractivity contribution >= 4 is 23.1 Å². The Hall–Kier alpha value is -0.170. The van der Waals surface area contributed by atoms with Crippen LogP contribution in [-0.4, -0.2) is 38.7 Å². The van der Waals surface area contributed by atoms with Crippen molar-refractivity contribution in [1.82, 2.24) is 15.5 Å². The van der Waals surface area contributed by atoms with Crippen molar-refractivity contribution in [1.29, 1.82) is 0 Å². The molecule has 0 saturated heterocycles. The zero-order chi connectivity index (χ0) is 11.7. The fraction of sp³-hybridized carbons (Fsp3) is 0.818. The third-order valence-corrected chi connectivity index (χ3v) is 5.64. The molecular weight excluding hydrogens is 254 g/mol. The Balaban J connectivity index is 1.59. The van der Waals surface area contributed by atoms with Crippen molar-refractivity contribution < 1.29 is 5.11 Å². The molecule has 6 heteroatoms. The van der Waals surface area contributed by atoms with Gasteiger partial charge >= 0.3 is 0 Å². The molecule has 2 N–H and O–H groups in total. The monoisotopic (exact) mass is 271 g/mol. The number of aliphatic hydroxyl groups is 1. The van der Waals surface area contributed by atoms with Crippen LogP contribution in [0.15, 0.2) is 9.85 Å². The maximum atomic E-state index is 9.64. The number of nitrogens with one attached hydrogen (secondary N) is 1. The predicted molar refractivity (Wildman–Crippen MR) is 69.4 cm³/mol. The second kappa shape index (κ2) is 4.84. The van der Waals surface area contributed by atoms with Gasteiger partial charge in [-0.2, -0.15) is 0 Å². The van der Waals surface area contributed by atoms with E-state index in [2.05, 4.69) is 15.5 Å². The van der Waals surface area contributed by atoms with Crippen LogP contribution in [0.2, 0.25) is 0 Å². The molecule has 4 nitrogen and oxygen atoms in total. The van der Waals surface area contributed by atoms with Crippen LogP contribution in [0.5, 0.6) is 0 Å². The minimum atomic E-state index is -0.0243. The summed E-state index contributed by atoms with van der Waals surface area (Å²) in [6.07, 6.45) is 5.83. The van der Waals surface area contributed by atoms with Crippen molar-refractivity contribution in [3.05, 3.63) is 5.51 Å². The lowest BCUT2D eigenvalue weighted by Gasteiger charge is -2.28. The molecule has 2 saturated carbocycles. The highest BCUT2D eigenvalue weighted by Crippen LogP contribution is 2.41. The fourth-order valence-corrected chi connectivity index (χ4v) is 4.57. The van der Waals surface area contributed by atoms with Crippen molar-refractivity contribution in [2.75, 3.05) is 6.61 Å². The van der Waals surface area contributed by atoms with Crippen LogP contribution in [0, 0.1) is 0 Å². The van der Waals surface area contributed by atoms with E-state index < -0.39 is 0 Å². The van der Waals surface area contributed by atoms with Crippen molar-refractivity contribution in [2.45, 2.75) is 53.3 Å². The summed E-state index contributed by atoms with van der Waals surface area (Å²) in [5, 5.41) is 21.8. The summed E-state index contributed by atoms with van der Waals surface area (Å²) in [6.45, 7) is 0.261. The Bertz CT molecular complexity index is 369. The molecule has 1 heterocycles. The molecule has 2 atom stereocenters. The zero-order valence-electron chi connectivity index (χ0n) is 9.63. The van der Waals surface area contributed by atoms with Crippen molar-refractivity contribution in [2.24, 2.45) is 0 Å². The summed E-state index contributed by atoms with van der Waals surface area (Å²) in [7, 11) is 0. The molecule has 0 amide bonds. The number of aliphatic hydroxyl groups excluding tert-OH is 1. The van der Waals surface area contributed by atoms with Gasteiger partial charge in [-0.1, -0.05) is 23.1 Å². The van der Waals surface area contributed by atoms with Crippen LogP contribution in [0.25, 0.3) is 0 Å². The fourth-order valence-electron chi connectivity index (χ4n) is 2.52. The van der Waals surface area contributed by atoms with E-state index in [4.69, 9.17) is 0 Å². The summed E-state index contributed by atoms with van der Waals surface area (Å²) in [6, 6.07) is 0.660. The van der Waals surface area contributed by atoms with Crippen LogP contribution in [0.4, 0.5) is 0 Å². The number of rotatable bonds is 5. The minimum Gasteiger partial charge on any atom is -0.394 e. The second-order valence-corrected chi connectivity index (χ2v) is 7.43. The lowest BCUT2D eigenvalue weighted by Crippen LogP contribution is -2.47. The first-order valence-corrected chi connectivity index (χ1v) is 7.87. The number of nitrogens with zero attached hydrogens (tertiary/aromatic N) is 2. The highest BCUT2D eigenvalue weighted by molar-refractivity contribution is 8.01. The summed E-state index contributed by atoms with van der Waals surface area (Å²) < 4.78 is 1.05. The third kappa shape index (κ3) is 2.81. The number of thioether (sulfide) groups is 1. The van der Waals surface area contributed by atoms with Gasteiger partial charge in [-0.05, 0) is 32.1 Å². The molecule has 2 fully saturated rings. The highest BCUT2D eigenvalue weighted by Gasteiger charge is 2.42. The SMILES string of the molecule is OCC1(NC2CC2)CCC(Sc2nncs2)C1. The van der Waals surface area contributed by atoms with Crippen molar-refractivity contribution in [3.63, 3.8) is 0 Å². The maximum Gasteiger partial charge on any atom is 0.174 e. The van der Waals surface area contributed by atoms with Crippen LogP contribution in [-0.2, 0) is 0 Å². The van der Waals surface area contributed by atoms with E-state index in [9.17, 15) is 5.11 Å². The molecule has 3 rings (SSSR count). The van der Waals surface area contributed by atoms with E-state index in [1.807, 2.05) is 11.8 Å². The Kier molecular flexibility index (Phi) is 3.38. The standard InChI is InChI=1S/C11H17N3OS2/c15-6-11(13-8-1-2-8)4-3-9(5-11)17-10-14-12-7-16-10/h7-9,13,15H,1-6H2. The second-order valence-electron chi connectivity index (χ2n) is 5.04. The molecule has 2 unspecified atom stereocenters. The topological polar surface area (TPSA) is 58.0 Å². The van der Waals surface area contributed by atoms with Gasteiger partial charge in [0.25, 0.3) is 0 Å². The first-order valence-electron chi connectivity index (χ1n) is 6.11. The quantitative estimate of drug-likeness (QED) is 0.853. The van der Waals surface area contributed by atoms with Gasteiger partial charge in [-0.25, -0.2) is 0 Å². The molecule has 0 aromatic carbocycles. The molecule has 0 spiro atoms. The average Bonchev–Trinajstić information content (AvgIpc) is 2.84. The Labute approximate surface area is 109 Å². The first-order chi connectivity index (χ1) is 8.30. The predicted octanol–water partition coefficient (Wildman–Crippen LogP) is 1.67. The van der Waals surface area contributed by atoms with Gasteiger partial charge in [0.1, 0.15) is 5.51 Å². The number of aromatic nitrogens is 2. The number of hydrogen-bond donors (Lipinski definition) is 2. The molecule has 0 bridgehead atoms. The molecule has 0 radical (unpaired) electrons. The molecular formula is C11H17N3OS2. The summed E-state index contributed by atoms with van der Waals surface area (Å²) in [5.41, 5.74) is 1.75. The molecule has 94 valence electrons. The van der Waals surface area contributed by atoms with E-state index in [1.165, 1.54) is 12.8 Å². The molecule has 2 aliphatic rings. The smallest absolute Gasteiger partial charge is 0.174 e. The van der Waals surface area contributed by atoms with E-state index in [0.29, 0.717) is 11.3 Å². The van der Waals surface area contributed by atoms with Gasteiger partial charge in [-0.15, -0.1) is 10.2 Å². The minimum absolute atomic E-state index is 0.0243. The Morgan fingerprint density at radius 3 is 3.06 bits per heavy atom. The van der Waals surface area contributed by atoms with E-state index in [-0.39, 0.29) is 12.1 Å². The van der Waals surface area contributed by atoms with Gasteiger partial charge in [0.05, 0.1) is 6.61 Å². The van der Waals surface area contributed by atoms with Gasteiger partial charge in [0, 0.05) is 16.8 Å². The largest absolute Gasteiger partial charge is 0.394 e. The van der Waals surface area contributed by atoms with E-state index in [0.717, 1.165) is 23.6 Å². The van der Waals surface area contributed by atoms with Gasteiger partial charge in [0.15, 0.2) is 4.34 Å². The van der Waals surface area contributed by atoms with E-state index in [1.54, 1.807) is 16.8 Å². The molecule has 1 aromatic rings. The van der Waals surface area contributed by atoms with Crippen LogP contribution in [0.1, 0.15) is 32.1 Å². The first kappa shape index (κ1) is 11.9. The molecule has 2 aliphatic carbocycles. The normalized spacial score (nSPS) is 33.1. The van der Waals surface area contributed by atoms with Crippen LogP contribution >= 0.6 is 23.1 Å². The maximum absolute atomic E-state index is 9.64. The lowest BCUT2D eigenvalue weighted by molar-refractivity contribution is 0.163. The van der Waals surface area contributed by atoms with Crippen LogP contribution in [0.3, 0.4) is 0 Å². The Morgan fingerprint density at radius 2 is 2.41 bits per heavy atom. The molecule has 17 heavy (non-hydrogen) atoms. The average molecular weight is 271 g/mol. The summed E-state index contributed by atoms with van der Waals surface area (Å²) >= 11 is 3.42. The summed E-state index contributed by atoms with van der Waals surface area (Å²) in [5.74, 6) is 0. The third-order valence-electron chi connectivity index (χ3n) is 3.56. The highest BCUT2D eigenvalue weighted by atomic mass is 32.2. The van der Waals surface area contributed by atoms with E-state index >= 15 is 0 Å².